The molecule has 2 saturated heterocycles. The van der Waals surface area contributed by atoms with Crippen LogP contribution in [0.1, 0.15) is 23.5 Å². The molecule has 0 bridgehead atoms. The molecule has 2 aliphatic rings. The van der Waals surface area contributed by atoms with Crippen LogP contribution in [-0.2, 0) is 25.6 Å². The predicted octanol–water partition coefficient (Wildman–Crippen LogP) is 1.56. The van der Waals surface area contributed by atoms with E-state index in [1.807, 2.05) is 0 Å². The third-order valence-electron chi connectivity index (χ3n) is 5.30. The molecule has 3 N–H and O–H groups in total. The molecule has 1 aromatic carbocycles. The summed E-state index contributed by atoms with van der Waals surface area (Å²) in [5.41, 5.74) is -1.80. The Morgan fingerprint density at radius 1 is 1.56 bits per heavy atom. The minimum absolute atomic E-state index is 0.0139. The number of nitrogens with zero attached hydrogens (tertiary/aromatic N) is 3. The molecule has 14 heteroatoms. The summed E-state index contributed by atoms with van der Waals surface area (Å²) >= 11 is 2.17. The molecule has 5 atom stereocenters. The first kappa shape index (κ1) is 19.7. The predicted molar refractivity (Wildman–Crippen MR) is 129 cm³/mol. The molecule has 0 saturated carbocycles. The average Bonchev–Trinajstić information content (AvgIpc) is 3.32. The van der Waals surface area contributed by atoms with Gasteiger partial charge < -0.3 is 0 Å². The van der Waals surface area contributed by atoms with Crippen LogP contribution in [0.2, 0.25) is 0 Å². The van der Waals surface area contributed by atoms with E-state index in [9.17, 15) is 14.7 Å². The number of imidazole rings is 1. The van der Waals surface area contributed by atoms with Crippen molar-refractivity contribution in [3.63, 3.8) is 0 Å². The molecule has 32 heavy (non-hydrogen) atoms. The summed E-state index contributed by atoms with van der Waals surface area (Å²) in [5, 5.41) is 13.9. The Labute approximate surface area is 200 Å². The fraction of sp³-hybridized carbons (Fsp3) is 0.333. The van der Waals surface area contributed by atoms with Crippen molar-refractivity contribution in [2.45, 2.75) is 31.0 Å². The van der Waals surface area contributed by atoms with E-state index >= 15 is 0 Å². The van der Waals surface area contributed by atoms with E-state index in [0.29, 0.717) is 5.56 Å². The second-order valence-electron chi connectivity index (χ2n) is 7.56. The van der Waals surface area contributed by atoms with Gasteiger partial charge in [0.1, 0.15) is 0 Å². The van der Waals surface area contributed by atoms with Crippen LogP contribution in [0.15, 0.2) is 41.5 Å². The normalized spacial score (nSPS) is 33.3. The number of hydrogen-bond donors (Lipinski definition) is 3. The number of hydrogen-bond acceptors (Lipinski definition) is 9. The Kier molecular flexibility index (Phi) is 4.89. The maximum absolute atomic E-state index is 12.6. The molecule has 2 aliphatic heterocycles. The summed E-state index contributed by atoms with van der Waals surface area (Å²) in [6.45, 7) is 1.47. The number of nitrogens with one attached hydrogen (secondary N) is 2. The molecular formula is C18H19IN5O6PS. The maximum atomic E-state index is 12.6. The molecule has 4 heterocycles. The number of rotatable bonds is 4. The van der Waals surface area contributed by atoms with Crippen LogP contribution < -0.4 is 10.9 Å². The number of H-pyrrole nitrogens is 1. The van der Waals surface area contributed by atoms with Gasteiger partial charge in [0.15, 0.2) is 0 Å². The topological polar surface area (TPSA) is 141 Å². The van der Waals surface area contributed by atoms with Crippen LogP contribution >= 0.6 is 25.8 Å². The number of anilines is 1. The van der Waals surface area contributed by atoms with Crippen LogP contribution in [-0.4, -0.2) is 56.1 Å². The monoisotopic (exact) mass is 594 g/mol. The molecule has 2 fully saturated rings. The molecule has 1 amide bonds. The molecule has 5 rings (SSSR count). The third kappa shape index (κ3) is 3.81. The standard InChI is InChI=1S/C18H19IN5O6PS/c1-18(27)12-10(7-28-31(19,32)30-12)29-16(18)24-8-20-11-13(24)21-17(23-15(11)26)22-14(25)9-5-3-2-4-6-9/h2-6,8,10,12,16,27H,7,19H2,1H3,(H2,21,22,23,25,26)/t10-,12?,16-,18+,31?/m1/s1/i19TD. The number of amides is 1. The molecule has 11 nitrogen and oxygen atoms in total. The zero-order valence-corrected chi connectivity index (χ0v) is 20.3. The molecular weight excluding hydrogens is 572 g/mol. The first-order valence-corrected chi connectivity index (χ1v) is 14.9. The number of fused-ring (bicyclic) bond motifs is 2. The van der Waals surface area contributed by atoms with Crippen molar-refractivity contribution in [2.75, 3.05) is 11.9 Å². The molecule has 0 spiro atoms. The van der Waals surface area contributed by atoms with Gasteiger partial charge in [0, 0.05) is 0 Å². The van der Waals surface area contributed by atoms with Gasteiger partial charge >= 0.3 is 170 Å². The molecule has 0 aliphatic carbocycles. The van der Waals surface area contributed by atoms with E-state index in [2.05, 4.69) is 20.3 Å². The first-order chi connectivity index (χ1) is 16.1. The van der Waals surface area contributed by atoms with Gasteiger partial charge in [-0.1, -0.05) is 18.2 Å². The van der Waals surface area contributed by atoms with E-state index in [0.717, 1.165) is 0 Å². The molecule has 0 radical (unpaired) electrons. The zero-order valence-electron chi connectivity index (χ0n) is 18.5. The third-order valence-corrected chi connectivity index (χ3v) is 8.33. The molecule has 3 aromatic rings. The minimum atomic E-state index is -3.14. The van der Waals surface area contributed by atoms with Crippen LogP contribution in [0.25, 0.3) is 11.2 Å². The Bertz CT molecular complexity index is 1370. The second-order valence-corrected chi connectivity index (χ2v) is 16.1. The number of benzene rings is 1. The number of aromatic amines is 1. The van der Waals surface area contributed by atoms with Gasteiger partial charge in [-0.15, -0.1) is 0 Å². The van der Waals surface area contributed by atoms with Gasteiger partial charge in [-0.05, 0) is 12.1 Å². The number of halogens is 1. The number of aliphatic hydroxyl groups is 1. The van der Waals surface area contributed by atoms with Crippen LogP contribution in [0, 0.1) is 0 Å². The van der Waals surface area contributed by atoms with E-state index in [-0.39, 0.29) is 23.7 Å². The number of carbonyl (C=O) groups excluding carboxylic acids is 1. The Morgan fingerprint density at radius 3 is 3.09 bits per heavy atom. The van der Waals surface area contributed by atoms with Gasteiger partial charge in [0.2, 0.25) is 0 Å². The van der Waals surface area contributed by atoms with Crippen molar-refractivity contribution in [1.29, 1.82) is 1.19 Å². The van der Waals surface area contributed by atoms with Crippen molar-refractivity contribution in [1.82, 2.24) is 19.5 Å². The summed E-state index contributed by atoms with van der Waals surface area (Å²) in [6, 6.07) is 8.43. The first-order valence-electron chi connectivity index (χ1n) is 10.2. The van der Waals surface area contributed by atoms with Gasteiger partial charge in [-0.25, -0.2) is 0 Å². The van der Waals surface area contributed by atoms with E-state index in [1.165, 1.54) is 17.8 Å². The molecule has 2 aromatic heterocycles. The summed E-state index contributed by atoms with van der Waals surface area (Å²) in [5.74, 6) is -0.568. The van der Waals surface area contributed by atoms with Crippen molar-refractivity contribution in [2.24, 2.45) is 0 Å². The Balaban J connectivity index is 1.49. The van der Waals surface area contributed by atoms with Crippen LogP contribution in [0.3, 0.4) is 0 Å². The average molecular weight is 594 g/mol. The summed E-state index contributed by atoms with van der Waals surface area (Å²) in [7, 11) is 0. The fourth-order valence-electron chi connectivity index (χ4n) is 3.79. The fourth-order valence-corrected chi connectivity index (χ4v) is 6.48. The number of ether oxygens (including phenoxy) is 1. The van der Waals surface area contributed by atoms with Crippen LogP contribution in [0.5, 0.6) is 0 Å². The van der Waals surface area contributed by atoms with Crippen molar-refractivity contribution >= 4 is 60.6 Å². The van der Waals surface area contributed by atoms with Gasteiger partial charge in [-0.3, -0.25) is 0 Å². The van der Waals surface area contributed by atoms with Crippen LogP contribution in [0.4, 0.5) is 5.95 Å². The SMILES string of the molecule is [2H]I([3H])P1(=S)OC[C@H]2O[C@@H](n3cnc4c(=O)[nH]c(NC(=O)c5ccccc5)nc43)[C@@](C)(O)C2O1. The molecule has 170 valence electrons. The van der Waals surface area contributed by atoms with Gasteiger partial charge in [-0.2, -0.15) is 0 Å². The van der Waals surface area contributed by atoms with E-state index in [1.54, 1.807) is 30.3 Å². The summed E-state index contributed by atoms with van der Waals surface area (Å²) < 4.78 is 31.2. The van der Waals surface area contributed by atoms with Crippen molar-refractivity contribution in [3.05, 3.63) is 52.6 Å². The summed E-state index contributed by atoms with van der Waals surface area (Å²) in [4.78, 5) is 36.0. The number of aromatic nitrogens is 4. The van der Waals surface area contributed by atoms with Gasteiger partial charge in [0.25, 0.3) is 0 Å². The summed E-state index contributed by atoms with van der Waals surface area (Å²) in [6.07, 6.45) is -1.41. The van der Waals surface area contributed by atoms with E-state index < -0.39 is 61.3 Å². The van der Waals surface area contributed by atoms with Crippen molar-refractivity contribution in [3.8, 4) is 0 Å². The quantitative estimate of drug-likeness (QED) is 0.303. The molecule has 2 unspecified atom stereocenters. The Hall–Kier alpha value is -1.74. The Morgan fingerprint density at radius 2 is 2.34 bits per heavy atom. The second kappa shape index (κ2) is 7.94. The van der Waals surface area contributed by atoms with E-state index in [4.69, 9.17) is 26.8 Å². The number of carbonyl (C=O) groups is 1. The zero-order chi connectivity index (χ0) is 24.3. The van der Waals surface area contributed by atoms with Gasteiger partial charge in [0.05, 0.1) is 0 Å². The van der Waals surface area contributed by atoms with Crippen molar-refractivity contribution < 1.29 is 23.7 Å².